The summed E-state index contributed by atoms with van der Waals surface area (Å²) < 4.78 is 58.3. The summed E-state index contributed by atoms with van der Waals surface area (Å²) in [6.07, 6.45) is -2.52. The Hall–Kier alpha value is -2.94. The molecular weight excluding hydrogens is 420 g/mol. The molecule has 4 rings (SSSR count). The quantitative estimate of drug-likeness (QED) is 0.524. The number of hydrogen-bond acceptors (Lipinski definition) is 4. The Bertz CT molecular complexity index is 1080. The molecule has 1 aromatic heterocycles. The van der Waals surface area contributed by atoms with Crippen molar-refractivity contribution in [3.05, 3.63) is 70.5 Å². The first kappa shape index (κ1) is 20.3. The van der Waals surface area contributed by atoms with E-state index in [2.05, 4.69) is 10.3 Å². The number of hydrogen-bond donors (Lipinski definition) is 1. The minimum Gasteiger partial charge on any atom is -0.489 e. The third-order valence-corrected chi connectivity index (χ3v) is 5.36. The number of carbonyl (C=O) groups excluding carboxylic acids is 1. The Labute approximate surface area is 173 Å². The number of nitrogens with zero attached hydrogens (tertiary/aromatic N) is 1. The molecule has 1 heterocycles. The topological polar surface area (TPSA) is 51.2 Å². The van der Waals surface area contributed by atoms with Gasteiger partial charge in [-0.3, -0.25) is 4.79 Å². The second-order valence-corrected chi connectivity index (χ2v) is 7.77. The highest BCUT2D eigenvalue weighted by Crippen LogP contribution is 2.31. The standard InChI is InChI=1S/C21H16F4N2O2S/c22-17-9-15(29-10-12-2-1-3-13(8-12)21(23,24)25)6-7-16(17)20-27-18(11-30-20)19(28)26-14-4-5-14/h1-3,6-9,11,14H,4-5,10H2,(H,26,28). The molecule has 0 saturated heterocycles. The van der Waals surface area contributed by atoms with Crippen LogP contribution in [0.4, 0.5) is 17.6 Å². The van der Waals surface area contributed by atoms with E-state index in [0.717, 1.165) is 42.4 Å². The summed E-state index contributed by atoms with van der Waals surface area (Å²) in [4.78, 5) is 16.2. The van der Waals surface area contributed by atoms with Gasteiger partial charge in [0.15, 0.2) is 0 Å². The van der Waals surface area contributed by atoms with Gasteiger partial charge >= 0.3 is 6.18 Å². The highest BCUT2D eigenvalue weighted by Gasteiger charge is 2.30. The molecule has 0 spiro atoms. The number of alkyl halides is 3. The predicted molar refractivity (Wildman–Crippen MR) is 104 cm³/mol. The van der Waals surface area contributed by atoms with Crippen LogP contribution in [-0.2, 0) is 12.8 Å². The molecule has 1 saturated carbocycles. The lowest BCUT2D eigenvalue weighted by atomic mass is 10.1. The van der Waals surface area contributed by atoms with Crippen molar-refractivity contribution in [1.82, 2.24) is 10.3 Å². The Morgan fingerprint density at radius 2 is 2.00 bits per heavy atom. The Balaban J connectivity index is 1.43. The van der Waals surface area contributed by atoms with E-state index in [1.165, 1.54) is 24.3 Å². The molecule has 1 N–H and O–H groups in total. The normalized spacial score (nSPS) is 13.9. The number of carbonyl (C=O) groups is 1. The monoisotopic (exact) mass is 436 g/mol. The van der Waals surface area contributed by atoms with Crippen molar-refractivity contribution in [3.8, 4) is 16.3 Å². The van der Waals surface area contributed by atoms with Crippen molar-refractivity contribution in [2.24, 2.45) is 0 Å². The second-order valence-electron chi connectivity index (χ2n) is 6.91. The van der Waals surface area contributed by atoms with Gasteiger partial charge in [0.1, 0.15) is 28.9 Å². The van der Waals surface area contributed by atoms with Crippen LogP contribution in [0.5, 0.6) is 5.75 Å². The predicted octanol–water partition coefficient (Wildman–Crippen LogP) is 5.44. The van der Waals surface area contributed by atoms with Crippen LogP contribution < -0.4 is 10.1 Å². The van der Waals surface area contributed by atoms with Crippen LogP contribution in [0.25, 0.3) is 10.6 Å². The van der Waals surface area contributed by atoms with Gasteiger partial charge in [0.05, 0.1) is 5.56 Å². The highest BCUT2D eigenvalue weighted by molar-refractivity contribution is 7.13. The van der Waals surface area contributed by atoms with Crippen LogP contribution in [0.3, 0.4) is 0 Å². The van der Waals surface area contributed by atoms with Gasteiger partial charge in [0.2, 0.25) is 0 Å². The first-order valence-corrected chi connectivity index (χ1v) is 10.0. The van der Waals surface area contributed by atoms with Gasteiger partial charge < -0.3 is 10.1 Å². The van der Waals surface area contributed by atoms with Gasteiger partial charge in [-0.05, 0) is 42.7 Å². The molecule has 0 atom stereocenters. The lowest BCUT2D eigenvalue weighted by Crippen LogP contribution is -2.25. The molecule has 0 bridgehead atoms. The van der Waals surface area contributed by atoms with Crippen molar-refractivity contribution >= 4 is 17.2 Å². The fraction of sp³-hybridized carbons (Fsp3) is 0.238. The zero-order valence-corrected chi connectivity index (χ0v) is 16.3. The second kappa shape index (κ2) is 8.06. The molecule has 1 aliphatic carbocycles. The fourth-order valence-corrected chi connectivity index (χ4v) is 3.58. The molecule has 0 radical (unpaired) electrons. The number of ether oxygens (including phenoxy) is 1. The fourth-order valence-electron chi connectivity index (χ4n) is 2.75. The summed E-state index contributed by atoms with van der Waals surface area (Å²) in [7, 11) is 0. The van der Waals surface area contributed by atoms with Gasteiger partial charge in [-0.2, -0.15) is 13.2 Å². The maximum atomic E-state index is 14.5. The van der Waals surface area contributed by atoms with Crippen molar-refractivity contribution in [2.45, 2.75) is 31.7 Å². The van der Waals surface area contributed by atoms with E-state index < -0.39 is 17.6 Å². The zero-order valence-electron chi connectivity index (χ0n) is 15.5. The van der Waals surface area contributed by atoms with Gasteiger partial charge in [-0.25, -0.2) is 9.37 Å². The maximum absolute atomic E-state index is 14.5. The summed E-state index contributed by atoms with van der Waals surface area (Å²) in [5.74, 6) is -0.696. The summed E-state index contributed by atoms with van der Waals surface area (Å²) in [5, 5.41) is 4.76. The number of thiazole rings is 1. The molecular formula is C21H16F4N2O2S. The van der Waals surface area contributed by atoms with Crippen LogP contribution in [0.15, 0.2) is 47.8 Å². The van der Waals surface area contributed by atoms with E-state index in [9.17, 15) is 22.4 Å². The molecule has 1 aliphatic rings. The minimum atomic E-state index is -4.44. The zero-order chi connectivity index (χ0) is 21.3. The molecule has 30 heavy (non-hydrogen) atoms. The number of rotatable bonds is 6. The van der Waals surface area contributed by atoms with Crippen molar-refractivity contribution < 1.29 is 27.1 Å². The summed E-state index contributed by atoms with van der Waals surface area (Å²) >= 11 is 1.15. The third kappa shape index (κ3) is 4.79. The lowest BCUT2D eigenvalue weighted by molar-refractivity contribution is -0.137. The van der Waals surface area contributed by atoms with E-state index in [0.29, 0.717) is 10.6 Å². The molecule has 1 amide bonds. The Morgan fingerprint density at radius 3 is 2.70 bits per heavy atom. The van der Waals surface area contributed by atoms with Gasteiger partial charge in [-0.1, -0.05) is 12.1 Å². The number of nitrogens with one attached hydrogen (secondary N) is 1. The van der Waals surface area contributed by atoms with Gasteiger partial charge in [0, 0.05) is 23.1 Å². The Morgan fingerprint density at radius 1 is 1.20 bits per heavy atom. The van der Waals surface area contributed by atoms with Crippen LogP contribution >= 0.6 is 11.3 Å². The minimum absolute atomic E-state index is 0.133. The van der Waals surface area contributed by atoms with Crippen molar-refractivity contribution in [3.63, 3.8) is 0 Å². The average molecular weight is 436 g/mol. The smallest absolute Gasteiger partial charge is 0.416 e. The first-order valence-electron chi connectivity index (χ1n) is 9.15. The summed E-state index contributed by atoms with van der Waals surface area (Å²) in [6.45, 7) is -0.133. The number of aromatic nitrogens is 1. The van der Waals surface area contributed by atoms with E-state index in [1.54, 1.807) is 5.38 Å². The first-order chi connectivity index (χ1) is 14.3. The van der Waals surface area contributed by atoms with Crippen molar-refractivity contribution in [1.29, 1.82) is 0 Å². The van der Waals surface area contributed by atoms with Gasteiger partial charge in [0.25, 0.3) is 5.91 Å². The van der Waals surface area contributed by atoms with E-state index in [-0.39, 0.29) is 35.6 Å². The van der Waals surface area contributed by atoms with Gasteiger partial charge in [-0.15, -0.1) is 11.3 Å². The van der Waals surface area contributed by atoms with Crippen LogP contribution in [0.1, 0.15) is 34.5 Å². The van der Waals surface area contributed by atoms with E-state index >= 15 is 0 Å². The number of halogens is 4. The number of benzene rings is 2. The highest BCUT2D eigenvalue weighted by atomic mass is 32.1. The number of amides is 1. The van der Waals surface area contributed by atoms with Crippen LogP contribution in [-0.4, -0.2) is 16.9 Å². The SMILES string of the molecule is O=C(NC1CC1)c1csc(-c2ccc(OCc3cccc(C(F)(F)F)c3)cc2F)n1. The maximum Gasteiger partial charge on any atom is 0.416 e. The average Bonchev–Trinajstić information content (AvgIpc) is 3.38. The summed E-state index contributed by atoms with van der Waals surface area (Å²) in [6, 6.07) is 9.10. The van der Waals surface area contributed by atoms with Crippen LogP contribution in [0.2, 0.25) is 0 Å². The Kier molecular flexibility index (Phi) is 5.46. The molecule has 1 fully saturated rings. The summed E-state index contributed by atoms with van der Waals surface area (Å²) in [5.41, 5.74) is 0.0130. The molecule has 0 aliphatic heterocycles. The molecule has 0 unspecified atom stereocenters. The van der Waals surface area contributed by atoms with Crippen LogP contribution in [0, 0.1) is 5.82 Å². The van der Waals surface area contributed by atoms with E-state index in [1.807, 2.05) is 0 Å². The van der Waals surface area contributed by atoms with Crippen molar-refractivity contribution in [2.75, 3.05) is 0 Å². The molecule has 3 aromatic rings. The third-order valence-electron chi connectivity index (χ3n) is 4.48. The molecule has 156 valence electrons. The molecule has 2 aromatic carbocycles. The molecule has 4 nitrogen and oxygen atoms in total. The lowest BCUT2D eigenvalue weighted by Gasteiger charge is -2.10. The molecule has 9 heteroatoms. The largest absolute Gasteiger partial charge is 0.489 e. The van der Waals surface area contributed by atoms with E-state index in [4.69, 9.17) is 4.74 Å².